The first-order valence-corrected chi connectivity index (χ1v) is 15.0. The Morgan fingerprint density at radius 2 is 1.35 bits per heavy atom. The van der Waals surface area contributed by atoms with E-state index in [-0.39, 0.29) is 0 Å². The number of aldehydes is 1. The topological polar surface area (TPSA) is 41.5 Å². The molecule has 204 valence electrons. The van der Waals surface area contributed by atoms with Crippen molar-refractivity contribution in [3.63, 3.8) is 0 Å². The van der Waals surface area contributed by atoms with E-state index in [1.807, 2.05) is 78.9 Å². The Labute approximate surface area is 259 Å². The van der Waals surface area contributed by atoms with Crippen LogP contribution in [0.3, 0.4) is 0 Å². The van der Waals surface area contributed by atoms with Crippen molar-refractivity contribution in [1.82, 2.24) is 5.32 Å². The molecule has 0 fully saturated rings. The summed E-state index contributed by atoms with van der Waals surface area (Å²) < 4.78 is 0. The maximum Gasteiger partial charge on any atom is 0.150 e. The number of alkyl halides is 1. The van der Waals surface area contributed by atoms with Crippen LogP contribution in [0.1, 0.15) is 27.0 Å². The smallest absolute Gasteiger partial charge is 0.150 e. The minimum Gasteiger partial charge on any atom is -0.393 e. The lowest BCUT2D eigenvalue weighted by Crippen LogP contribution is -1.96. The van der Waals surface area contributed by atoms with Crippen molar-refractivity contribution in [2.75, 3.05) is 7.05 Å². The molecule has 0 radical (unpaired) electrons. The number of carbonyl (C=O) groups is 1. The van der Waals surface area contributed by atoms with Crippen molar-refractivity contribution in [3.05, 3.63) is 132 Å². The molecule has 3 nitrogen and oxygen atoms in total. The van der Waals surface area contributed by atoms with Crippen molar-refractivity contribution in [1.29, 1.82) is 0 Å². The van der Waals surface area contributed by atoms with Crippen LogP contribution in [0.25, 0.3) is 10.1 Å². The van der Waals surface area contributed by atoms with Crippen molar-refractivity contribution in [2.24, 2.45) is 4.99 Å². The first kappa shape index (κ1) is 31.6. The van der Waals surface area contributed by atoms with Crippen molar-refractivity contribution >= 4 is 81.4 Å². The van der Waals surface area contributed by atoms with Gasteiger partial charge in [-0.25, -0.2) is 0 Å². The second-order valence-electron chi connectivity index (χ2n) is 8.09. The lowest BCUT2D eigenvalue weighted by Gasteiger charge is -2.09. The zero-order chi connectivity index (χ0) is 28.7. The Morgan fingerprint density at radius 3 is 1.85 bits per heavy atom. The van der Waals surface area contributed by atoms with Crippen LogP contribution in [-0.4, -0.2) is 20.1 Å². The monoisotopic (exact) mass is 624 g/mol. The second-order valence-corrected chi connectivity index (χ2v) is 11.5. The predicted molar refractivity (Wildman–Crippen MR) is 175 cm³/mol. The molecule has 8 heteroatoms. The van der Waals surface area contributed by atoms with E-state index in [0.29, 0.717) is 21.5 Å². The molecular weight excluding hydrogens is 599 g/mol. The molecule has 0 aliphatic heterocycles. The van der Waals surface area contributed by atoms with E-state index in [2.05, 4.69) is 35.2 Å². The summed E-state index contributed by atoms with van der Waals surface area (Å²) in [5.41, 5.74) is 3.19. The van der Waals surface area contributed by atoms with Gasteiger partial charge in [-0.3, -0.25) is 9.79 Å². The van der Waals surface area contributed by atoms with Crippen LogP contribution in [0.2, 0.25) is 0 Å². The molecule has 4 rings (SSSR count). The summed E-state index contributed by atoms with van der Waals surface area (Å²) in [6.07, 6.45) is 4.01. The highest BCUT2D eigenvalue weighted by molar-refractivity contribution is 7.99. The highest BCUT2D eigenvalue weighted by atomic mass is 35.5. The summed E-state index contributed by atoms with van der Waals surface area (Å²) in [6, 6.07) is 32.0. The highest BCUT2D eigenvalue weighted by Gasteiger charge is 2.09. The minimum atomic E-state index is 0.403. The number of aliphatic imine (C=N–C) groups is 1. The number of nitrogens with zero attached hydrogens (tertiary/aromatic N) is 1. The van der Waals surface area contributed by atoms with Gasteiger partial charge in [0.2, 0.25) is 0 Å². The van der Waals surface area contributed by atoms with Crippen LogP contribution < -0.4 is 5.32 Å². The van der Waals surface area contributed by atoms with Crippen LogP contribution in [0.4, 0.5) is 0 Å². The summed E-state index contributed by atoms with van der Waals surface area (Å²) in [6.45, 7) is 3.41. The van der Waals surface area contributed by atoms with Gasteiger partial charge < -0.3 is 5.32 Å². The molecule has 0 atom stereocenters. The normalized spacial score (nSPS) is 11.3. The Balaban J connectivity index is 0.000000220. The third-order valence-electron chi connectivity index (χ3n) is 5.32. The van der Waals surface area contributed by atoms with Crippen LogP contribution in [0.5, 0.6) is 0 Å². The van der Waals surface area contributed by atoms with Crippen LogP contribution in [0, 0.1) is 0 Å². The molecule has 0 saturated carbocycles. The largest absolute Gasteiger partial charge is 0.393 e. The number of rotatable bonds is 10. The highest BCUT2D eigenvalue weighted by Crippen LogP contribution is 2.33. The maximum atomic E-state index is 11.2. The molecule has 4 aromatic carbocycles. The molecular formula is C32H27Cl3N2OS2. The Hall–Kier alpha value is -2.93. The average molecular weight is 626 g/mol. The van der Waals surface area contributed by atoms with E-state index in [1.165, 1.54) is 11.1 Å². The van der Waals surface area contributed by atoms with Gasteiger partial charge in [0.25, 0.3) is 0 Å². The zero-order valence-electron chi connectivity index (χ0n) is 21.7. The SMILES string of the molecule is C=N/C=C(/Cl)c1ccc(Sc2ccccc2)cc1CCl.CN/C=C(/Cl)c1ccc(Sc2ccccc2)cc1C=O. The number of benzene rings is 4. The van der Waals surface area contributed by atoms with Gasteiger partial charge in [0, 0.05) is 56.0 Å². The summed E-state index contributed by atoms with van der Waals surface area (Å²) in [5, 5.41) is 3.92. The number of hydrogen-bond donors (Lipinski definition) is 1. The number of hydrogen-bond acceptors (Lipinski definition) is 5. The third kappa shape index (κ3) is 9.61. The van der Waals surface area contributed by atoms with E-state index >= 15 is 0 Å². The number of carbonyl (C=O) groups excluding carboxylic acids is 1. The van der Waals surface area contributed by atoms with Crippen LogP contribution >= 0.6 is 58.3 Å². The second kappa shape index (κ2) is 17.0. The molecule has 0 heterocycles. The van der Waals surface area contributed by atoms with E-state index in [1.54, 1.807) is 36.8 Å². The first-order chi connectivity index (χ1) is 19.5. The van der Waals surface area contributed by atoms with Gasteiger partial charge in [-0.15, -0.1) is 11.6 Å². The predicted octanol–water partition coefficient (Wildman–Crippen LogP) is 10.2. The Kier molecular flexibility index (Phi) is 13.4. The van der Waals surface area contributed by atoms with E-state index in [4.69, 9.17) is 34.8 Å². The number of nitrogens with one attached hydrogen (secondary N) is 1. The fourth-order valence-corrected chi connectivity index (χ4v) is 6.05. The minimum absolute atomic E-state index is 0.403. The van der Waals surface area contributed by atoms with Crippen LogP contribution in [-0.2, 0) is 5.88 Å². The third-order valence-corrected chi connectivity index (χ3v) is 8.22. The molecule has 0 aliphatic carbocycles. The summed E-state index contributed by atoms with van der Waals surface area (Å²) in [4.78, 5) is 19.4. The number of halogens is 3. The lowest BCUT2D eigenvalue weighted by atomic mass is 10.1. The fourth-order valence-electron chi connectivity index (χ4n) is 3.50. The Morgan fingerprint density at radius 1 is 0.800 bits per heavy atom. The molecule has 0 unspecified atom stereocenters. The lowest BCUT2D eigenvalue weighted by molar-refractivity contribution is 0.112. The molecule has 4 aromatic rings. The molecule has 0 saturated heterocycles. The maximum absolute atomic E-state index is 11.2. The summed E-state index contributed by atoms with van der Waals surface area (Å²) >= 11 is 21.6. The molecule has 0 aromatic heterocycles. The van der Waals surface area contributed by atoms with Gasteiger partial charge in [-0.2, -0.15) is 0 Å². The molecule has 40 heavy (non-hydrogen) atoms. The molecule has 0 amide bonds. The van der Waals surface area contributed by atoms with Gasteiger partial charge in [-0.1, -0.05) is 95.3 Å². The van der Waals surface area contributed by atoms with E-state index in [9.17, 15) is 4.79 Å². The van der Waals surface area contributed by atoms with Crippen LogP contribution in [0.15, 0.2) is 134 Å². The average Bonchev–Trinajstić information content (AvgIpc) is 2.98. The van der Waals surface area contributed by atoms with Gasteiger partial charge >= 0.3 is 0 Å². The van der Waals surface area contributed by atoms with Gasteiger partial charge in [0.15, 0.2) is 6.29 Å². The summed E-state index contributed by atoms with van der Waals surface area (Å²) in [5.74, 6) is 0.403. The molecule has 0 spiro atoms. The Bertz CT molecular complexity index is 1480. The first-order valence-electron chi connectivity index (χ1n) is 12.1. The van der Waals surface area contributed by atoms with E-state index < -0.39 is 0 Å². The van der Waals surface area contributed by atoms with Gasteiger partial charge in [-0.05, 0) is 66.4 Å². The van der Waals surface area contributed by atoms with Gasteiger partial charge in [0.1, 0.15) is 0 Å². The van der Waals surface area contributed by atoms with E-state index in [0.717, 1.165) is 37.7 Å². The van der Waals surface area contributed by atoms with Crippen molar-refractivity contribution < 1.29 is 4.79 Å². The molecule has 1 N–H and O–H groups in total. The van der Waals surface area contributed by atoms with Crippen molar-refractivity contribution in [2.45, 2.75) is 25.5 Å². The quantitative estimate of drug-likeness (QED) is 0.108. The summed E-state index contributed by atoms with van der Waals surface area (Å²) in [7, 11) is 1.77. The standard InChI is InChI=1S/C16H13Cl2NS.C16H14ClNOS/c1-19-11-16(18)15-8-7-14(9-12(15)10-17)20-13-5-3-2-4-6-13;1-18-10-16(17)15-8-7-14(9-12(15)11-19)20-13-5-3-2-4-6-13/h2-9,11H,1,10H2;2-11,18H,1H3/b16-11+;16-10+. The molecule has 0 aliphatic rings. The van der Waals surface area contributed by atoms with Crippen molar-refractivity contribution in [3.8, 4) is 0 Å². The van der Waals surface area contributed by atoms with Gasteiger partial charge in [0.05, 0.1) is 10.1 Å². The zero-order valence-corrected chi connectivity index (χ0v) is 25.6. The fraction of sp³-hybridized carbons (Fsp3) is 0.0625. The molecule has 0 bridgehead atoms.